The van der Waals surface area contributed by atoms with Crippen molar-refractivity contribution in [3.8, 4) is 0 Å². The van der Waals surface area contributed by atoms with Crippen LogP contribution in [0.15, 0.2) is 41.4 Å². The fraction of sp³-hybridized carbons (Fsp3) is 0.455. The molecule has 1 aromatic carbocycles. The van der Waals surface area contributed by atoms with Crippen molar-refractivity contribution in [1.82, 2.24) is 4.98 Å². The smallest absolute Gasteiger partial charge is 0.0845 e. The molecule has 2 aromatic rings. The van der Waals surface area contributed by atoms with Gasteiger partial charge in [-0.3, -0.25) is 9.98 Å². The molecule has 0 aliphatic heterocycles. The summed E-state index contributed by atoms with van der Waals surface area (Å²) >= 11 is 0. The van der Waals surface area contributed by atoms with Crippen molar-refractivity contribution in [3.05, 3.63) is 58.9 Å². The van der Waals surface area contributed by atoms with Crippen molar-refractivity contribution >= 4 is 11.4 Å². The van der Waals surface area contributed by atoms with Crippen LogP contribution in [-0.4, -0.2) is 10.7 Å². The normalized spacial score (nSPS) is 12.5. The first kappa shape index (κ1) is 18.4. The number of aliphatic imine (C=N–C) groups is 1. The van der Waals surface area contributed by atoms with Crippen LogP contribution in [0.2, 0.25) is 0 Å². The van der Waals surface area contributed by atoms with Crippen molar-refractivity contribution in [1.29, 1.82) is 0 Å². The fourth-order valence-corrected chi connectivity index (χ4v) is 2.84. The second-order valence-corrected chi connectivity index (χ2v) is 7.39. The number of benzene rings is 1. The summed E-state index contributed by atoms with van der Waals surface area (Å²) in [4.78, 5) is 9.81. The summed E-state index contributed by atoms with van der Waals surface area (Å²) in [7, 11) is 0. The van der Waals surface area contributed by atoms with E-state index in [4.69, 9.17) is 9.98 Å². The molecule has 0 N–H and O–H groups in total. The monoisotopic (exact) mass is 322 g/mol. The zero-order valence-corrected chi connectivity index (χ0v) is 16.1. The summed E-state index contributed by atoms with van der Waals surface area (Å²) in [6.07, 6.45) is 0. The molecule has 0 unspecified atom stereocenters. The fourth-order valence-electron chi connectivity index (χ4n) is 2.84. The lowest BCUT2D eigenvalue weighted by Crippen LogP contribution is -2.03. The van der Waals surface area contributed by atoms with E-state index >= 15 is 0 Å². The highest BCUT2D eigenvalue weighted by molar-refractivity contribution is 5.99. The first-order valence-corrected chi connectivity index (χ1v) is 8.96. The van der Waals surface area contributed by atoms with E-state index in [0.717, 1.165) is 22.8 Å². The minimum Gasteiger partial charge on any atom is -0.251 e. The minimum atomic E-state index is 0.423. The van der Waals surface area contributed by atoms with Gasteiger partial charge in [0, 0.05) is 5.69 Å². The van der Waals surface area contributed by atoms with E-state index < -0.39 is 0 Å². The average molecular weight is 322 g/mol. The van der Waals surface area contributed by atoms with Crippen molar-refractivity contribution in [2.45, 2.75) is 66.2 Å². The van der Waals surface area contributed by atoms with Gasteiger partial charge < -0.3 is 0 Å². The van der Waals surface area contributed by atoms with E-state index in [1.54, 1.807) is 0 Å². The highest BCUT2D eigenvalue weighted by Crippen LogP contribution is 2.35. The molecule has 0 saturated carbocycles. The van der Waals surface area contributed by atoms with Crippen molar-refractivity contribution in [3.63, 3.8) is 0 Å². The van der Waals surface area contributed by atoms with Gasteiger partial charge in [-0.15, -0.1) is 0 Å². The molecule has 1 heterocycles. The molecule has 0 saturated heterocycles. The van der Waals surface area contributed by atoms with Gasteiger partial charge >= 0.3 is 0 Å². The molecule has 128 valence electrons. The van der Waals surface area contributed by atoms with Crippen LogP contribution in [0.1, 0.15) is 88.7 Å². The Balaban J connectivity index is 2.55. The second-order valence-electron chi connectivity index (χ2n) is 7.39. The first-order chi connectivity index (χ1) is 11.3. The SMILES string of the molecule is CC(=Nc1c(C(C)C)cccc1C(C)C)c1cccc(C(C)C)n1. The Morgan fingerprint density at radius 2 is 1.33 bits per heavy atom. The Morgan fingerprint density at radius 3 is 1.83 bits per heavy atom. The van der Waals surface area contributed by atoms with Gasteiger partial charge in [0.2, 0.25) is 0 Å². The number of rotatable bonds is 5. The molecule has 1 aromatic heterocycles. The molecule has 24 heavy (non-hydrogen) atoms. The van der Waals surface area contributed by atoms with Crippen LogP contribution in [-0.2, 0) is 0 Å². The number of nitrogens with zero attached hydrogens (tertiary/aromatic N) is 2. The van der Waals surface area contributed by atoms with Gasteiger partial charge in [0.15, 0.2) is 0 Å². The number of para-hydroxylation sites is 1. The van der Waals surface area contributed by atoms with E-state index in [9.17, 15) is 0 Å². The van der Waals surface area contributed by atoms with Crippen LogP contribution < -0.4 is 0 Å². The zero-order chi connectivity index (χ0) is 17.9. The third-order valence-corrected chi connectivity index (χ3v) is 4.35. The average Bonchev–Trinajstić information content (AvgIpc) is 2.54. The zero-order valence-electron chi connectivity index (χ0n) is 16.1. The Labute approximate surface area is 147 Å². The van der Waals surface area contributed by atoms with E-state index in [2.05, 4.69) is 84.9 Å². The summed E-state index contributed by atoms with van der Waals surface area (Å²) in [6, 6.07) is 12.8. The third-order valence-electron chi connectivity index (χ3n) is 4.35. The topological polar surface area (TPSA) is 25.2 Å². The third kappa shape index (κ3) is 4.11. The van der Waals surface area contributed by atoms with E-state index in [1.807, 2.05) is 0 Å². The Morgan fingerprint density at radius 1 is 0.792 bits per heavy atom. The van der Waals surface area contributed by atoms with Crippen LogP contribution in [0.25, 0.3) is 0 Å². The molecular weight excluding hydrogens is 292 g/mol. The number of hydrogen-bond donors (Lipinski definition) is 0. The molecule has 0 fully saturated rings. The molecule has 2 rings (SSSR count). The van der Waals surface area contributed by atoms with Gasteiger partial charge in [-0.1, -0.05) is 65.8 Å². The molecule has 0 radical (unpaired) electrons. The highest BCUT2D eigenvalue weighted by atomic mass is 14.8. The number of pyridine rings is 1. The molecule has 0 aliphatic carbocycles. The minimum absolute atomic E-state index is 0.423. The predicted molar refractivity (Wildman–Crippen MR) is 105 cm³/mol. The number of aromatic nitrogens is 1. The van der Waals surface area contributed by atoms with Gasteiger partial charge in [-0.05, 0) is 47.9 Å². The molecule has 0 spiro atoms. The Hall–Kier alpha value is -1.96. The maximum atomic E-state index is 5.03. The summed E-state index contributed by atoms with van der Waals surface area (Å²) in [5.41, 5.74) is 6.79. The first-order valence-electron chi connectivity index (χ1n) is 8.96. The molecule has 0 atom stereocenters. The summed E-state index contributed by atoms with van der Waals surface area (Å²) < 4.78 is 0. The molecule has 0 bridgehead atoms. The Kier molecular flexibility index (Phi) is 5.93. The van der Waals surface area contributed by atoms with Crippen LogP contribution in [0, 0.1) is 0 Å². The number of hydrogen-bond acceptors (Lipinski definition) is 2. The van der Waals surface area contributed by atoms with Gasteiger partial charge in [-0.25, -0.2) is 0 Å². The largest absolute Gasteiger partial charge is 0.251 e. The van der Waals surface area contributed by atoms with Gasteiger partial charge in [0.1, 0.15) is 0 Å². The van der Waals surface area contributed by atoms with Crippen molar-refractivity contribution in [2.75, 3.05) is 0 Å². The highest BCUT2D eigenvalue weighted by Gasteiger charge is 2.14. The van der Waals surface area contributed by atoms with Crippen LogP contribution >= 0.6 is 0 Å². The summed E-state index contributed by atoms with van der Waals surface area (Å²) in [6.45, 7) is 15.3. The molecule has 2 nitrogen and oxygen atoms in total. The summed E-state index contributed by atoms with van der Waals surface area (Å²) in [5, 5.41) is 0. The predicted octanol–water partition coefficient (Wildman–Crippen LogP) is 6.59. The Bertz CT molecular complexity index is 698. The van der Waals surface area contributed by atoms with Gasteiger partial charge in [-0.2, -0.15) is 0 Å². The quantitative estimate of drug-likeness (QED) is 0.570. The maximum Gasteiger partial charge on any atom is 0.0845 e. The lowest BCUT2D eigenvalue weighted by atomic mass is 9.93. The van der Waals surface area contributed by atoms with Crippen LogP contribution in [0.3, 0.4) is 0 Å². The molecule has 0 amide bonds. The van der Waals surface area contributed by atoms with Crippen molar-refractivity contribution in [2.24, 2.45) is 4.99 Å². The lowest BCUT2D eigenvalue weighted by molar-refractivity contribution is 0.820. The second kappa shape index (κ2) is 7.74. The van der Waals surface area contributed by atoms with E-state index in [1.165, 1.54) is 11.1 Å². The molecular formula is C22H30N2. The van der Waals surface area contributed by atoms with Crippen LogP contribution in [0.4, 0.5) is 5.69 Å². The van der Waals surface area contributed by atoms with Gasteiger partial charge in [0.25, 0.3) is 0 Å². The summed E-state index contributed by atoms with van der Waals surface area (Å²) in [5.74, 6) is 1.32. The van der Waals surface area contributed by atoms with Crippen LogP contribution in [0.5, 0.6) is 0 Å². The maximum absolute atomic E-state index is 5.03. The molecule has 2 heteroatoms. The van der Waals surface area contributed by atoms with E-state index in [0.29, 0.717) is 17.8 Å². The van der Waals surface area contributed by atoms with E-state index in [-0.39, 0.29) is 0 Å². The van der Waals surface area contributed by atoms with Gasteiger partial charge in [0.05, 0.1) is 17.1 Å². The van der Waals surface area contributed by atoms with Crippen molar-refractivity contribution < 1.29 is 0 Å². The molecule has 0 aliphatic rings. The standard InChI is InChI=1S/C22H30N2/c1-14(2)18-10-8-11-19(15(3)4)22(18)23-17(7)21-13-9-12-20(24-21)16(5)6/h8-16H,1-7H3. The lowest BCUT2D eigenvalue weighted by Gasteiger charge is -2.17.